The summed E-state index contributed by atoms with van der Waals surface area (Å²) in [4.78, 5) is 36.8. The number of hydrogen-bond acceptors (Lipinski definition) is 5. The Morgan fingerprint density at radius 3 is 2.23 bits per heavy atom. The Balaban J connectivity index is 1.21. The van der Waals surface area contributed by atoms with Gasteiger partial charge in [0, 0.05) is 5.56 Å². The smallest absolute Gasteiger partial charge is 0.335 e. The third kappa shape index (κ3) is 2.20. The van der Waals surface area contributed by atoms with Gasteiger partial charge in [-0.2, -0.15) is 10.1 Å². The van der Waals surface area contributed by atoms with Crippen molar-refractivity contribution in [2.75, 3.05) is 0 Å². The summed E-state index contributed by atoms with van der Waals surface area (Å²) in [5.74, 6) is -0.650. The summed E-state index contributed by atoms with van der Waals surface area (Å²) in [5, 5.41) is 14.2. The summed E-state index contributed by atoms with van der Waals surface area (Å²) in [6.45, 7) is 0. The first-order valence-electron chi connectivity index (χ1n) is 10.0. The maximum atomic E-state index is 12.9. The van der Waals surface area contributed by atoms with E-state index in [-0.39, 0.29) is 46.5 Å². The van der Waals surface area contributed by atoms with E-state index in [1.165, 1.54) is 18.3 Å². The van der Waals surface area contributed by atoms with Crippen LogP contribution in [0, 0.1) is 29.1 Å². The first-order chi connectivity index (χ1) is 14.5. The zero-order valence-electron chi connectivity index (χ0n) is 15.9. The van der Waals surface area contributed by atoms with Gasteiger partial charge in [-0.1, -0.05) is 24.3 Å². The van der Waals surface area contributed by atoms with Crippen molar-refractivity contribution >= 4 is 24.0 Å². The van der Waals surface area contributed by atoms with Crippen LogP contribution in [0.25, 0.3) is 11.3 Å². The maximum Gasteiger partial charge on any atom is 0.335 e. The van der Waals surface area contributed by atoms with Gasteiger partial charge in [-0.25, -0.2) is 4.79 Å². The number of aromatic carboxylic acids is 1. The van der Waals surface area contributed by atoms with Crippen molar-refractivity contribution < 1.29 is 23.9 Å². The third-order valence-corrected chi connectivity index (χ3v) is 7.17. The molecule has 1 aliphatic heterocycles. The van der Waals surface area contributed by atoms with E-state index in [9.17, 15) is 14.4 Å². The number of fused-ring (bicyclic) bond motifs is 3. The normalized spacial score (nSPS) is 30.1. The number of imide groups is 1. The van der Waals surface area contributed by atoms with Crippen LogP contribution in [0.2, 0.25) is 0 Å². The zero-order valence-corrected chi connectivity index (χ0v) is 15.9. The summed E-state index contributed by atoms with van der Waals surface area (Å²) in [7, 11) is 0. The van der Waals surface area contributed by atoms with Gasteiger partial charge in [0.1, 0.15) is 11.5 Å². The van der Waals surface area contributed by atoms with E-state index in [0.717, 1.165) is 23.4 Å². The number of furan rings is 1. The lowest BCUT2D eigenvalue weighted by Gasteiger charge is -2.18. The van der Waals surface area contributed by atoms with Crippen molar-refractivity contribution in [2.24, 2.45) is 34.2 Å². The molecule has 1 aromatic heterocycles. The van der Waals surface area contributed by atoms with Crippen molar-refractivity contribution in [3.05, 3.63) is 59.9 Å². The molecular formula is C23H18N2O5. The van der Waals surface area contributed by atoms with Crippen LogP contribution < -0.4 is 0 Å². The van der Waals surface area contributed by atoms with Gasteiger partial charge >= 0.3 is 5.97 Å². The zero-order chi connectivity index (χ0) is 20.6. The van der Waals surface area contributed by atoms with Crippen LogP contribution in [0.15, 0.2) is 58.1 Å². The van der Waals surface area contributed by atoms with E-state index in [4.69, 9.17) is 9.52 Å². The highest BCUT2D eigenvalue weighted by Gasteiger charge is 2.73. The van der Waals surface area contributed by atoms with Crippen LogP contribution >= 0.6 is 0 Å². The van der Waals surface area contributed by atoms with E-state index in [1.54, 1.807) is 24.3 Å². The Labute approximate surface area is 171 Å². The van der Waals surface area contributed by atoms with Gasteiger partial charge in [-0.15, -0.1) is 0 Å². The molecule has 6 rings (SSSR count). The molecule has 2 amide bonds. The highest BCUT2D eigenvalue weighted by molar-refractivity contribution is 6.07. The average Bonchev–Trinajstić information content (AvgIpc) is 3.03. The summed E-state index contributed by atoms with van der Waals surface area (Å²) in [6.07, 6.45) is 7.86. The van der Waals surface area contributed by atoms with Crippen molar-refractivity contribution in [3.63, 3.8) is 0 Å². The van der Waals surface area contributed by atoms with Crippen LogP contribution in [0.1, 0.15) is 29.0 Å². The molecule has 2 saturated carbocycles. The number of rotatable bonds is 4. The predicted octanol–water partition coefficient (Wildman–Crippen LogP) is 3.18. The average molecular weight is 402 g/mol. The minimum atomic E-state index is -0.991. The second-order valence-electron chi connectivity index (χ2n) is 8.54. The molecule has 2 bridgehead atoms. The van der Waals surface area contributed by atoms with Crippen LogP contribution in [-0.2, 0) is 9.59 Å². The number of carbonyl (C=O) groups excluding carboxylic acids is 2. The van der Waals surface area contributed by atoms with E-state index in [1.807, 2.05) is 0 Å². The molecular weight excluding hydrogens is 384 g/mol. The van der Waals surface area contributed by atoms with Crippen LogP contribution in [-0.4, -0.2) is 34.1 Å². The molecule has 3 fully saturated rings. The molecule has 1 saturated heterocycles. The van der Waals surface area contributed by atoms with Crippen LogP contribution in [0.5, 0.6) is 0 Å². The highest BCUT2D eigenvalue weighted by Crippen LogP contribution is 2.73. The molecule has 3 aliphatic carbocycles. The molecule has 2 aromatic rings. The topological polar surface area (TPSA) is 100 Å². The number of hydrogen-bond donors (Lipinski definition) is 1. The minimum absolute atomic E-state index is 0.169. The molecule has 1 N–H and O–H groups in total. The number of benzene rings is 1. The fourth-order valence-electron chi connectivity index (χ4n) is 5.65. The van der Waals surface area contributed by atoms with Gasteiger partial charge in [0.05, 0.1) is 23.6 Å². The molecule has 4 aliphatic rings. The Bertz CT molecular complexity index is 1120. The predicted molar refractivity (Wildman–Crippen MR) is 105 cm³/mol. The SMILES string of the molecule is O=C(O)c1ccc(-c2ccc(/C=N\N3C(=O)[C@@H]4[C@H](C3=O)[C@H]3C=C[C@H]4C34CC4)o2)cc1. The largest absolute Gasteiger partial charge is 0.478 e. The molecule has 2 heterocycles. The maximum absolute atomic E-state index is 12.9. The van der Waals surface area contributed by atoms with Gasteiger partial charge in [0.2, 0.25) is 0 Å². The number of hydrazone groups is 1. The Kier molecular flexibility index (Phi) is 3.35. The van der Waals surface area contributed by atoms with Crippen molar-refractivity contribution in [1.29, 1.82) is 0 Å². The van der Waals surface area contributed by atoms with E-state index in [0.29, 0.717) is 11.5 Å². The number of allylic oxidation sites excluding steroid dienone is 2. The summed E-state index contributed by atoms with van der Waals surface area (Å²) in [5.41, 5.74) is 1.09. The summed E-state index contributed by atoms with van der Waals surface area (Å²) < 4.78 is 5.73. The van der Waals surface area contributed by atoms with Crippen LogP contribution in [0.3, 0.4) is 0 Å². The number of nitrogens with zero attached hydrogens (tertiary/aromatic N) is 2. The van der Waals surface area contributed by atoms with E-state index >= 15 is 0 Å². The fourth-order valence-corrected chi connectivity index (χ4v) is 5.65. The molecule has 7 nitrogen and oxygen atoms in total. The fraction of sp³-hybridized carbons (Fsp3) is 0.304. The summed E-state index contributed by atoms with van der Waals surface area (Å²) in [6, 6.07) is 9.76. The molecule has 1 aromatic carbocycles. The van der Waals surface area contributed by atoms with E-state index in [2.05, 4.69) is 17.3 Å². The highest BCUT2D eigenvalue weighted by atomic mass is 16.4. The van der Waals surface area contributed by atoms with Crippen LogP contribution in [0.4, 0.5) is 0 Å². The Hall–Kier alpha value is -3.48. The van der Waals surface area contributed by atoms with Crippen molar-refractivity contribution in [1.82, 2.24) is 5.01 Å². The van der Waals surface area contributed by atoms with E-state index < -0.39 is 5.97 Å². The summed E-state index contributed by atoms with van der Waals surface area (Å²) >= 11 is 0. The monoisotopic (exact) mass is 402 g/mol. The molecule has 30 heavy (non-hydrogen) atoms. The van der Waals surface area contributed by atoms with Crippen molar-refractivity contribution in [2.45, 2.75) is 12.8 Å². The van der Waals surface area contributed by atoms with Crippen molar-refractivity contribution in [3.8, 4) is 11.3 Å². The lowest BCUT2D eigenvalue weighted by molar-refractivity contribution is -0.141. The molecule has 150 valence electrons. The Morgan fingerprint density at radius 1 is 1.03 bits per heavy atom. The number of carbonyl (C=O) groups is 3. The second-order valence-corrected chi connectivity index (χ2v) is 8.54. The molecule has 4 atom stereocenters. The molecule has 7 heteroatoms. The standard InChI is InChI=1S/C23H18N2O5/c26-20-18-15-6-7-16(23(15)9-10-23)19(18)21(27)25(20)24-11-14-5-8-17(30-14)12-1-3-13(4-2-12)22(28)29/h1-8,11,15-16,18-19H,9-10H2,(H,28,29)/b24-11-/t15-,16-,18-,19+/m1/s1. The second kappa shape index (κ2) is 5.78. The van der Waals surface area contributed by atoms with Gasteiger partial charge in [-0.05, 0) is 54.4 Å². The van der Waals surface area contributed by atoms with Gasteiger partial charge in [0.15, 0.2) is 0 Å². The Morgan fingerprint density at radius 2 is 1.67 bits per heavy atom. The van der Waals surface area contributed by atoms with Gasteiger partial charge in [-0.3, -0.25) is 9.59 Å². The van der Waals surface area contributed by atoms with Gasteiger partial charge in [0.25, 0.3) is 11.8 Å². The number of carboxylic acids is 1. The number of amides is 2. The number of carboxylic acid groups (broad SMARTS) is 1. The minimum Gasteiger partial charge on any atom is -0.478 e. The molecule has 0 radical (unpaired) electrons. The quantitative estimate of drug-likeness (QED) is 0.481. The molecule has 1 spiro atoms. The lowest BCUT2D eigenvalue weighted by Crippen LogP contribution is -2.30. The third-order valence-electron chi connectivity index (χ3n) is 7.17. The molecule has 0 unspecified atom stereocenters. The first-order valence-corrected chi connectivity index (χ1v) is 10.0. The lowest BCUT2D eigenvalue weighted by atomic mass is 9.85. The van der Waals surface area contributed by atoms with Gasteiger partial charge < -0.3 is 9.52 Å². The first kappa shape index (κ1) is 17.4.